The molecule has 1 amide bonds. The molecule has 1 heterocycles. The van der Waals surface area contributed by atoms with E-state index in [0.717, 1.165) is 22.2 Å². The number of nitrogens with zero attached hydrogens (tertiary/aromatic N) is 4. The van der Waals surface area contributed by atoms with E-state index >= 15 is 0 Å². The van der Waals surface area contributed by atoms with Crippen molar-refractivity contribution < 1.29 is 4.79 Å². The number of hydrazone groups is 1. The van der Waals surface area contributed by atoms with Crippen LogP contribution in [0.3, 0.4) is 0 Å². The minimum atomic E-state index is -0.164. The molecule has 0 fully saturated rings. The molecule has 25 heavy (non-hydrogen) atoms. The number of carbonyl (C=O) groups excluding carboxylic acids is 1. The fourth-order valence-electron chi connectivity index (χ4n) is 2.40. The van der Waals surface area contributed by atoms with Crippen molar-refractivity contribution in [1.29, 1.82) is 0 Å². The molecule has 3 rings (SSSR count). The van der Waals surface area contributed by atoms with Gasteiger partial charge in [-0.15, -0.1) is 5.10 Å². The van der Waals surface area contributed by atoms with Crippen molar-refractivity contribution in [1.82, 2.24) is 20.4 Å². The normalized spacial score (nSPS) is 12.0. The van der Waals surface area contributed by atoms with Crippen molar-refractivity contribution in [2.45, 2.75) is 19.9 Å². The van der Waals surface area contributed by atoms with Crippen LogP contribution in [0, 0.1) is 0 Å². The molecule has 2 aromatic carbocycles. The molecule has 6 nitrogen and oxygen atoms in total. The minimum absolute atomic E-state index is 0.164. The summed E-state index contributed by atoms with van der Waals surface area (Å²) in [6.07, 6.45) is 3.92. The summed E-state index contributed by atoms with van der Waals surface area (Å²) in [7, 11) is 0. The van der Waals surface area contributed by atoms with E-state index in [2.05, 4.69) is 20.8 Å². The number of amides is 1. The number of allylic oxidation sites excluding steroid dienone is 1. The summed E-state index contributed by atoms with van der Waals surface area (Å²) in [5, 5.41) is 12.1. The van der Waals surface area contributed by atoms with Crippen LogP contribution in [0.2, 0.25) is 0 Å². The molecule has 0 atom stereocenters. The molecular formula is C19H19N5O. The third-order valence-corrected chi connectivity index (χ3v) is 3.62. The maximum absolute atomic E-state index is 11.9. The van der Waals surface area contributed by atoms with Gasteiger partial charge in [-0.05, 0) is 30.2 Å². The number of para-hydroxylation sites is 1. The molecule has 6 heteroatoms. The van der Waals surface area contributed by atoms with Gasteiger partial charge in [-0.25, -0.2) is 10.1 Å². The first kappa shape index (κ1) is 16.6. The molecule has 0 aliphatic heterocycles. The molecule has 0 saturated carbocycles. The average molecular weight is 333 g/mol. The third-order valence-electron chi connectivity index (χ3n) is 3.62. The Morgan fingerprint density at radius 2 is 1.92 bits per heavy atom. The van der Waals surface area contributed by atoms with Crippen molar-refractivity contribution in [3.63, 3.8) is 0 Å². The van der Waals surface area contributed by atoms with Gasteiger partial charge in [0.25, 0.3) is 0 Å². The predicted octanol–water partition coefficient (Wildman–Crippen LogP) is 3.03. The molecule has 0 radical (unpaired) electrons. The van der Waals surface area contributed by atoms with Crippen molar-refractivity contribution in [3.8, 4) is 0 Å². The van der Waals surface area contributed by atoms with E-state index < -0.39 is 0 Å². The van der Waals surface area contributed by atoms with Crippen LogP contribution in [-0.4, -0.2) is 27.1 Å². The van der Waals surface area contributed by atoms with Crippen molar-refractivity contribution in [3.05, 3.63) is 65.7 Å². The summed E-state index contributed by atoms with van der Waals surface area (Å²) < 4.78 is 1.72. The highest BCUT2D eigenvalue weighted by Crippen LogP contribution is 2.09. The van der Waals surface area contributed by atoms with Crippen LogP contribution < -0.4 is 5.43 Å². The second-order valence-electron chi connectivity index (χ2n) is 5.64. The lowest BCUT2D eigenvalue weighted by atomic mass is 10.1. The van der Waals surface area contributed by atoms with Crippen LogP contribution in [0.1, 0.15) is 18.9 Å². The number of hydrogen-bond donors (Lipinski definition) is 1. The lowest BCUT2D eigenvalue weighted by Gasteiger charge is -2.01. The van der Waals surface area contributed by atoms with Gasteiger partial charge < -0.3 is 0 Å². The third kappa shape index (κ3) is 4.60. The van der Waals surface area contributed by atoms with Gasteiger partial charge in [0.05, 0.1) is 18.3 Å². The predicted molar refractivity (Wildman–Crippen MR) is 98.9 cm³/mol. The molecule has 0 spiro atoms. The molecule has 1 aromatic heterocycles. The Morgan fingerprint density at radius 1 is 1.16 bits per heavy atom. The number of rotatable bonds is 6. The monoisotopic (exact) mass is 333 g/mol. The van der Waals surface area contributed by atoms with Gasteiger partial charge in [0.2, 0.25) is 5.91 Å². The van der Waals surface area contributed by atoms with E-state index in [1.54, 1.807) is 10.9 Å². The van der Waals surface area contributed by atoms with E-state index in [1.165, 1.54) is 0 Å². The Kier molecular flexibility index (Phi) is 5.31. The number of fused-ring (bicyclic) bond motifs is 1. The van der Waals surface area contributed by atoms with E-state index in [-0.39, 0.29) is 12.3 Å². The van der Waals surface area contributed by atoms with Gasteiger partial charge in [0.1, 0.15) is 5.52 Å². The molecule has 1 N–H and O–H groups in total. The smallest absolute Gasteiger partial charge is 0.241 e. The highest BCUT2D eigenvalue weighted by Gasteiger charge is 2.05. The quantitative estimate of drug-likeness (QED) is 0.557. The maximum atomic E-state index is 11.9. The Bertz CT molecular complexity index is 912. The highest BCUT2D eigenvalue weighted by atomic mass is 16.2. The van der Waals surface area contributed by atoms with Gasteiger partial charge >= 0.3 is 0 Å². The zero-order valence-electron chi connectivity index (χ0n) is 14.0. The Morgan fingerprint density at radius 3 is 2.76 bits per heavy atom. The van der Waals surface area contributed by atoms with Gasteiger partial charge in [-0.2, -0.15) is 5.10 Å². The van der Waals surface area contributed by atoms with Crippen LogP contribution in [-0.2, 0) is 11.3 Å². The van der Waals surface area contributed by atoms with E-state index in [4.69, 9.17) is 0 Å². The van der Waals surface area contributed by atoms with E-state index in [0.29, 0.717) is 6.54 Å². The molecule has 0 aliphatic rings. The SMILES string of the molecule is CC(/C=N/NC(=O)CCn1nnc2ccccc21)=C\c1ccccc1. The number of aromatic nitrogens is 3. The fraction of sp³-hybridized carbons (Fsp3) is 0.158. The van der Waals surface area contributed by atoms with Crippen LogP contribution in [0.5, 0.6) is 0 Å². The number of carbonyl (C=O) groups is 1. The van der Waals surface area contributed by atoms with E-state index in [9.17, 15) is 4.79 Å². The lowest BCUT2D eigenvalue weighted by molar-refractivity contribution is -0.121. The molecule has 0 unspecified atom stereocenters. The zero-order chi connectivity index (χ0) is 17.5. The first-order valence-corrected chi connectivity index (χ1v) is 8.06. The van der Waals surface area contributed by atoms with Crippen LogP contribution in [0.25, 0.3) is 17.1 Å². The maximum Gasteiger partial charge on any atom is 0.241 e. The number of aryl methyl sites for hydroxylation is 1. The molecular weight excluding hydrogens is 314 g/mol. The Labute approximate surface area is 145 Å². The van der Waals surface area contributed by atoms with Crippen LogP contribution in [0.15, 0.2) is 65.3 Å². The van der Waals surface area contributed by atoms with Gasteiger partial charge in [-0.3, -0.25) is 4.79 Å². The summed E-state index contributed by atoms with van der Waals surface area (Å²) in [4.78, 5) is 11.9. The summed E-state index contributed by atoms with van der Waals surface area (Å²) in [5.74, 6) is -0.164. The molecule has 126 valence electrons. The van der Waals surface area contributed by atoms with Crippen LogP contribution in [0.4, 0.5) is 0 Å². The average Bonchev–Trinajstić information content (AvgIpc) is 3.04. The number of nitrogens with one attached hydrogen (secondary N) is 1. The minimum Gasteiger partial charge on any atom is -0.273 e. The first-order chi connectivity index (χ1) is 12.2. The van der Waals surface area contributed by atoms with Gasteiger partial charge in [-0.1, -0.05) is 53.8 Å². The Hall–Kier alpha value is -3.28. The molecule has 0 bridgehead atoms. The van der Waals surface area contributed by atoms with Crippen molar-refractivity contribution in [2.75, 3.05) is 0 Å². The topological polar surface area (TPSA) is 72.2 Å². The van der Waals surface area contributed by atoms with Crippen LogP contribution >= 0.6 is 0 Å². The second kappa shape index (κ2) is 8.01. The summed E-state index contributed by atoms with van der Waals surface area (Å²) >= 11 is 0. The number of hydrogen-bond acceptors (Lipinski definition) is 4. The largest absolute Gasteiger partial charge is 0.273 e. The van der Waals surface area contributed by atoms with E-state index in [1.807, 2.05) is 67.6 Å². The lowest BCUT2D eigenvalue weighted by Crippen LogP contribution is -2.19. The van der Waals surface area contributed by atoms with Gasteiger partial charge in [0.15, 0.2) is 0 Å². The Balaban J connectivity index is 1.50. The van der Waals surface area contributed by atoms with Gasteiger partial charge in [0, 0.05) is 6.42 Å². The van der Waals surface area contributed by atoms with Crippen molar-refractivity contribution in [2.24, 2.45) is 5.10 Å². The van der Waals surface area contributed by atoms with Crippen molar-refractivity contribution >= 4 is 29.2 Å². The highest BCUT2D eigenvalue weighted by molar-refractivity contribution is 5.86. The standard InChI is InChI=1S/C19H19N5O/c1-15(13-16-7-3-2-4-8-16)14-20-22-19(25)11-12-24-18-10-6-5-9-17(18)21-23-24/h2-10,13-14H,11-12H2,1H3,(H,22,25)/b15-13+,20-14+. The zero-order valence-corrected chi connectivity index (χ0v) is 14.0. The summed E-state index contributed by atoms with van der Waals surface area (Å²) in [5.41, 5.74) is 6.32. The second-order valence-corrected chi connectivity index (χ2v) is 5.64. The first-order valence-electron chi connectivity index (χ1n) is 8.06. The molecule has 3 aromatic rings. The summed E-state index contributed by atoms with van der Waals surface area (Å²) in [6, 6.07) is 17.6. The molecule has 0 saturated heterocycles. The fourth-order valence-corrected chi connectivity index (χ4v) is 2.40. The summed E-state index contributed by atoms with van der Waals surface area (Å²) in [6.45, 7) is 2.39. The number of benzene rings is 2. The molecule has 0 aliphatic carbocycles.